The zero-order valence-electron chi connectivity index (χ0n) is 49.3. The van der Waals surface area contributed by atoms with E-state index in [4.69, 9.17) is 52.1 Å². The first kappa shape index (κ1) is 69.8. The van der Waals surface area contributed by atoms with Crippen LogP contribution < -0.4 is 0 Å². The fourth-order valence-electron chi connectivity index (χ4n) is 17.0. The molecule has 10 aliphatic rings. The molecule has 89 heavy (non-hydrogen) atoms. The Morgan fingerprint density at radius 1 is 0.449 bits per heavy atom. The lowest BCUT2D eigenvalue weighted by molar-refractivity contribution is -0.400. The van der Waals surface area contributed by atoms with Gasteiger partial charge in [-0.25, -0.2) is 0 Å². The molecule has 32 nitrogen and oxygen atoms in total. The minimum atomic E-state index is -2.02. The Kier molecular flexibility index (Phi) is 21.4. The van der Waals surface area contributed by atoms with Crippen LogP contribution in [0.2, 0.25) is 0 Å². The van der Waals surface area contributed by atoms with Crippen LogP contribution in [-0.4, -0.2) is 331 Å². The second-order valence-electron chi connectivity index (χ2n) is 26.9. The van der Waals surface area contributed by atoms with E-state index in [-0.39, 0.29) is 12.3 Å². The Balaban J connectivity index is 0.921. The summed E-state index contributed by atoms with van der Waals surface area (Å²) in [6.07, 6.45) is -48.2. The molecule has 1 spiro atoms. The SMILES string of the molecule is C=C1C[C@@]23CCC4[C@](C)(C(=O)OC5OC(CO)C(O)C(CC6OC(CO)C(O)C(O)C6O)C5OC5OC(CO)C(O)C(O)C5O)CCC[C@@]4(C)[C@@H]2CC[C@]1(OC1OC(CO)C(O)C(OC2OC(CO)C(O)C(O)C2O)C1OC1OC(CO)C(O)C(O)C1O)C3. The van der Waals surface area contributed by atoms with Gasteiger partial charge in [-0.15, -0.1) is 0 Å². The van der Waals surface area contributed by atoms with E-state index in [1.807, 2.05) is 0 Å². The van der Waals surface area contributed by atoms with E-state index < -0.39 is 264 Å². The summed E-state index contributed by atoms with van der Waals surface area (Å²) >= 11 is 0. The number of carbonyl (C=O) groups excluding carboxylic acids is 1. The summed E-state index contributed by atoms with van der Waals surface area (Å²) < 4.78 is 67.4. The van der Waals surface area contributed by atoms with E-state index in [1.165, 1.54) is 0 Å². The van der Waals surface area contributed by atoms with Crippen LogP contribution in [-0.2, 0) is 56.9 Å². The van der Waals surface area contributed by atoms with Gasteiger partial charge in [-0.05, 0) is 93.0 Å². The van der Waals surface area contributed by atoms with E-state index in [1.54, 1.807) is 6.92 Å². The van der Waals surface area contributed by atoms with E-state index in [0.717, 1.165) is 0 Å². The van der Waals surface area contributed by atoms with Crippen LogP contribution in [0.25, 0.3) is 0 Å². The number of fused-ring (bicyclic) bond motifs is 3. The van der Waals surface area contributed by atoms with E-state index >= 15 is 4.79 Å². The number of carbonyl (C=O) groups is 1. The minimum absolute atomic E-state index is 0.134. The Morgan fingerprint density at radius 3 is 1.38 bits per heavy atom. The number of esters is 1. The van der Waals surface area contributed by atoms with Gasteiger partial charge in [-0.1, -0.05) is 19.9 Å². The molecule has 10 fully saturated rings. The predicted molar refractivity (Wildman–Crippen MR) is 288 cm³/mol. The van der Waals surface area contributed by atoms with Gasteiger partial charge in [0.25, 0.3) is 0 Å². The molecule has 0 radical (unpaired) electrons. The van der Waals surface area contributed by atoms with Gasteiger partial charge in [-0.2, -0.15) is 0 Å². The lowest BCUT2D eigenvalue weighted by Gasteiger charge is -2.64. The molecule has 2 bridgehead atoms. The van der Waals surface area contributed by atoms with Crippen LogP contribution in [0.5, 0.6) is 0 Å². The summed E-state index contributed by atoms with van der Waals surface area (Å²) in [4.78, 5) is 15.4. The third-order valence-corrected chi connectivity index (χ3v) is 21.9. The lowest BCUT2D eigenvalue weighted by atomic mass is 9.41. The van der Waals surface area contributed by atoms with Gasteiger partial charge in [-0.3, -0.25) is 4.79 Å². The van der Waals surface area contributed by atoms with Gasteiger partial charge in [0.1, 0.15) is 134 Å². The van der Waals surface area contributed by atoms with Crippen molar-refractivity contribution in [3.05, 3.63) is 12.2 Å². The molecule has 6 saturated heterocycles. The van der Waals surface area contributed by atoms with E-state index in [9.17, 15) is 102 Å². The van der Waals surface area contributed by atoms with Gasteiger partial charge in [0.15, 0.2) is 25.2 Å². The summed E-state index contributed by atoms with van der Waals surface area (Å²) in [5, 5.41) is 215. The molecule has 0 aromatic carbocycles. The largest absolute Gasteiger partial charge is 0.432 e. The number of ether oxygens (including phenoxy) is 11. The van der Waals surface area contributed by atoms with Crippen molar-refractivity contribution in [2.45, 2.75) is 262 Å². The van der Waals surface area contributed by atoms with Gasteiger partial charge >= 0.3 is 5.97 Å². The summed E-state index contributed by atoms with van der Waals surface area (Å²) in [6.45, 7) is 3.30. The highest BCUT2D eigenvalue weighted by atomic mass is 16.8. The highest BCUT2D eigenvalue weighted by Gasteiger charge is 2.70. The maximum Gasteiger partial charge on any atom is 0.314 e. The molecule has 32 heteroatoms. The molecule has 0 aromatic heterocycles. The number of hydrogen-bond acceptors (Lipinski definition) is 32. The Labute approximate surface area is 511 Å². The first-order valence-electron chi connectivity index (χ1n) is 30.8. The molecule has 6 aliphatic heterocycles. The van der Waals surface area contributed by atoms with Gasteiger partial charge < -0.3 is 154 Å². The monoisotopic (exact) mass is 1290 g/mol. The number of hydrogen-bond donors (Lipinski definition) is 20. The van der Waals surface area contributed by atoms with Crippen LogP contribution in [0.4, 0.5) is 0 Å². The van der Waals surface area contributed by atoms with Gasteiger partial charge in [0, 0.05) is 5.92 Å². The topological polar surface area (TPSA) is 523 Å². The maximum absolute atomic E-state index is 15.4. The normalized spacial score (nSPS) is 54.5. The molecule has 6 heterocycles. The average molecular weight is 1290 g/mol. The Morgan fingerprint density at radius 2 is 0.865 bits per heavy atom. The molecule has 31 unspecified atom stereocenters. The van der Waals surface area contributed by atoms with E-state index in [2.05, 4.69) is 13.5 Å². The molecular weight excluding hydrogens is 1200 g/mol. The van der Waals surface area contributed by atoms with Crippen LogP contribution in [0.15, 0.2) is 12.2 Å². The summed E-state index contributed by atoms with van der Waals surface area (Å²) in [5.41, 5.74) is -3.13. The zero-order valence-corrected chi connectivity index (χ0v) is 49.3. The molecule has 10 rings (SSSR count). The second kappa shape index (κ2) is 27.3. The third-order valence-electron chi connectivity index (χ3n) is 21.9. The van der Waals surface area contributed by atoms with Crippen molar-refractivity contribution in [3.8, 4) is 0 Å². The highest BCUT2D eigenvalue weighted by molar-refractivity contribution is 5.77. The zero-order chi connectivity index (χ0) is 64.7. The minimum Gasteiger partial charge on any atom is -0.432 e. The summed E-state index contributed by atoms with van der Waals surface area (Å²) in [6, 6.07) is 0. The molecule has 20 N–H and O–H groups in total. The first-order valence-corrected chi connectivity index (χ1v) is 30.8. The fraction of sp³-hybridized carbons (Fsp3) is 0.947. The maximum atomic E-state index is 15.4. The smallest absolute Gasteiger partial charge is 0.314 e. The van der Waals surface area contributed by atoms with Crippen molar-refractivity contribution in [2.75, 3.05) is 39.6 Å². The van der Waals surface area contributed by atoms with Crippen LogP contribution >= 0.6 is 0 Å². The van der Waals surface area contributed by atoms with Crippen molar-refractivity contribution >= 4 is 5.97 Å². The molecule has 4 aliphatic carbocycles. The van der Waals surface area contributed by atoms with Crippen molar-refractivity contribution < 1.29 is 159 Å². The molecule has 0 amide bonds. The second-order valence-corrected chi connectivity index (χ2v) is 26.9. The molecular formula is C57H92O32. The lowest BCUT2D eigenvalue weighted by Crippen LogP contribution is -2.68. The van der Waals surface area contributed by atoms with Crippen molar-refractivity contribution in [1.82, 2.24) is 0 Å². The van der Waals surface area contributed by atoms with Crippen molar-refractivity contribution in [2.24, 2.45) is 34.0 Å². The predicted octanol–water partition coefficient (Wildman–Crippen LogP) is -8.80. The number of aliphatic hydroxyl groups excluding tert-OH is 20. The van der Waals surface area contributed by atoms with Crippen molar-refractivity contribution in [3.63, 3.8) is 0 Å². The molecule has 512 valence electrons. The average Bonchev–Trinajstić information content (AvgIpc) is 1.62. The molecule has 0 aromatic rings. The van der Waals surface area contributed by atoms with Gasteiger partial charge in [0.05, 0.1) is 62.9 Å². The summed E-state index contributed by atoms with van der Waals surface area (Å²) in [7, 11) is 0. The fourth-order valence-corrected chi connectivity index (χ4v) is 17.0. The molecule has 36 atom stereocenters. The van der Waals surface area contributed by atoms with Gasteiger partial charge in [0.2, 0.25) is 6.29 Å². The number of aliphatic hydroxyl groups is 20. The third kappa shape index (κ3) is 12.3. The highest BCUT2D eigenvalue weighted by Crippen LogP contribution is 2.74. The van der Waals surface area contributed by atoms with Crippen LogP contribution in [0.3, 0.4) is 0 Å². The first-order chi connectivity index (χ1) is 42.1. The van der Waals surface area contributed by atoms with Crippen LogP contribution in [0, 0.1) is 34.0 Å². The number of rotatable bonds is 18. The summed E-state index contributed by atoms with van der Waals surface area (Å²) in [5.74, 6) is -2.76. The van der Waals surface area contributed by atoms with Crippen molar-refractivity contribution in [1.29, 1.82) is 0 Å². The molecule has 4 saturated carbocycles. The Hall–Kier alpha value is -1.99. The Bertz CT molecular complexity index is 2390. The van der Waals surface area contributed by atoms with Crippen LogP contribution in [0.1, 0.15) is 78.1 Å². The standard InChI is InChI=1S/C57H92O32/c1-20-12-56-9-5-29-54(2,7-4-8-55(29,3)53(78)88-51-45(85-48-42(75)39(72)34(67)25(15-60)80-48)21(31(64)23(13-58)83-51)11-22-32(65)38(71)33(66)24(14-59)79-22)30(56)6-10-57(20,19-56)89-52-47(87-50-44(77)41(74)36(69)27(17-62)82-50)46(37(70)28(18-63)84-52)86-49-43(76)40(73)35(68)26(16-61)81-49/h21-52,58-77H,1,4-19H2,2-3H3/t21?,22?,23?,24?,25?,26?,27?,28?,29?,30-,31?,32?,33?,34?,35?,36?,37?,38?,39?,40?,41?,42?,43?,44?,45?,46?,47?,48?,49?,50?,51?,52?,54+,55+,56+,57-/m0/s1. The van der Waals surface area contributed by atoms with E-state index in [0.29, 0.717) is 56.9 Å². The quantitative estimate of drug-likeness (QED) is 0.0344.